The summed E-state index contributed by atoms with van der Waals surface area (Å²) < 4.78 is 0. The first-order valence-electron chi connectivity index (χ1n) is 7.06. The third-order valence-corrected chi connectivity index (χ3v) is 4.20. The molecule has 1 aliphatic rings. The van der Waals surface area contributed by atoms with Crippen molar-refractivity contribution in [1.29, 1.82) is 0 Å². The lowest BCUT2D eigenvalue weighted by Crippen LogP contribution is -2.38. The van der Waals surface area contributed by atoms with Crippen LogP contribution < -0.4 is 5.73 Å². The van der Waals surface area contributed by atoms with Gasteiger partial charge in [0.1, 0.15) is 0 Å². The number of nitrogens with two attached hydrogens (primary N) is 1. The van der Waals surface area contributed by atoms with E-state index in [2.05, 4.69) is 37.6 Å². The lowest BCUT2D eigenvalue weighted by atomic mass is 9.78. The van der Waals surface area contributed by atoms with Crippen LogP contribution in [0.5, 0.6) is 0 Å². The zero-order valence-corrected chi connectivity index (χ0v) is 14.7. The lowest BCUT2D eigenvalue weighted by Gasteiger charge is -2.30. The fraction of sp³-hybridized carbons (Fsp3) is 0.929. The van der Waals surface area contributed by atoms with Crippen LogP contribution in [0.3, 0.4) is 0 Å². The maximum atomic E-state index is 6.02. The fourth-order valence-corrected chi connectivity index (χ4v) is 2.77. The first-order valence-corrected chi connectivity index (χ1v) is 7.06. The zero-order chi connectivity index (χ0) is 12.9. The molecule has 0 unspecified atom stereocenters. The molecule has 0 aliphatic heterocycles. The molecule has 0 aromatic carbocycles. The second kappa shape index (κ2) is 8.23. The standard InChI is InChI=1S/C14H29N3.HI/c1-5-17(6-2)13(15)16-11-14(3,4)12-9-7-8-10-12;/h12H,5-11H2,1-4H3,(H2,15,16);1H. The molecule has 18 heavy (non-hydrogen) atoms. The van der Waals surface area contributed by atoms with E-state index in [0.717, 1.165) is 25.6 Å². The van der Waals surface area contributed by atoms with Gasteiger partial charge in [-0.1, -0.05) is 26.7 Å². The van der Waals surface area contributed by atoms with Gasteiger partial charge in [0.25, 0.3) is 0 Å². The van der Waals surface area contributed by atoms with E-state index in [1.807, 2.05) is 0 Å². The van der Waals surface area contributed by atoms with Crippen molar-refractivity contribution < 1.29 is 0 Å². The van der Waals surface area contributed by atoms with Gasteiger partial charge in [0.15, 0.2) is 5.96 Å². The molecular weight excluding hydrogens is 337 g/mol. The molecular formula is C14H30IN3. The van der Waals surface area contributed by atoms with Crippen molar-refractivity contribution in [2.45, 2.75) is 53.4 Å². The first kappa shape index (κ1) is 18.0. The minimum absolute atomic E-state index is 0. The number of hydrogen-bond donors (Lipinski definition) is 1. The SMILES string of the molecule is CCN(CC)C(N)=NCC(C)(C)C1CCCC1.I. The van der Waals surface area contributed by atoms with Crippen LogP contribution in [0.4, 0.5) is 0 Å². The molecule has 0 atom stereocenters. The minimum atomic E-state index is 0. The van der Waals surface area contributed by atoms with Crippen LogP contribution in [0.15, 0.2) is 4.99 Å². The van der Waals surface area contributed by atoms with E-state index in [4.69, 9.17) is 5.73 Å². The molecule has 3 nitrogen and oxygen atoms in total. The third kappa shape index (κ3) is 4.94. The van der Waals surface area contributed by atoms with Gasteiger partial charge in [-0.3, -0.25) is 4.99 Å². The number of guanidine groups is 1. The Morgan fingerprint density at radius 1 is 1.22 bits per heavy atom. The summed E-state index contributed by atoms with van der Waals surface area (Å²) >= 11 is 0. The molecule has 0 saturated heterocycles. The Labute approximate surface area is 130 Å². The Balaban J connectivity index is 0.00000289. The van der Waals surface area contributed by atoms with Crippen LogP contribution in [0.2, 0.25) is 0 Å². The molecule has 0 bridgehead atoms. The maximum Gasteiger partial charge on any atom is 0.191 e. The van der Waals surface area contributed by atoms with Crippen molar-refractivity contribution >= 4 is 29.9 Å². The predicted molar refractivity (Wildman–Crippen MR) is 90.6 cm³/mol. The fourth-order valence-electron chi connectivity index (χ4n) is 2.77. The zero-order valence-electron chi connectivity index (χ0n) is 12.4. The highest BCUT2D eigenvalue weighted by Crippen LogP contribution is 2.39. The predicted octanol–water partition coefficient (Wildman–Crippen LogP) is 3.48. The van der Waals surface area contributed by atoms with Gasteiger partial charge in [0.2, 0.25) is 0 Å². The average molecular weight is 367 g/mol. The molecule has 2 N–H and O–H groups in total. The van der Waals surface area contributed by atoms with E-state index in [9.17, 15) is 0 Å². The summed E-state index contributed by atoms with van der Waals surface area (Å²) in [6.07, 6.45) is 5.52. The summed E-state index contributed by atoms with van der Waals surface area (Å²) in [6, 6.07) is 0. The molecule has 0 heterocycles. The Morgan fingerprint density at radius 2 is 1.72 bits per heavy atom. The van der Waals surface area contributed by atoms with Gasteiger partial charge in [-0.2, -0.15) is 0 Å². The van der Waals surface area contributed by atoms with Crippen LogP contribution in [0, 0.1) is 11.3 Å². The first-order chi connectivity index (χ1) is 8.01. The second-order valence-electron chi connectivity index (χ2n) is 5.82. The highest BCUT2D eigenvalue weighted by atomic mass is 127. The number of hydrogen-bond acceptors (Lipinski definition) is 1. The normalized spacial score (nSPS) is 17.7. The molecule has 4 heteroatoms. The lowest BCUT2D eigenvalue weighted by molar-refractivity contribution is 0.227. The van der Waals surface area contributed by atoms with E-state index in [0.29, 0.717) is 11.4 Å². The van der Waals surface area contributed by atoms with Crippen LogP contribution in [0.1, 0.15) is 53.4 Å². The molecule has 1 rings (SSSR count). The molecule has 0 aromatic heterocycles. The van der Waals surface area contributed by atoms with Crippen molar-refractivity contribution in [2.24, 2.45) is 22.1 Å². The van der Waals surface area contributed by atoms with Crippen molar-refractivity contribution in [3.05, 3.63) is 0 Å². The largest absolute Gasteiger partial charge is 0.370 e. The topological polar surface area (TPSA) is 41.6 Å². The Morgan fingerprint density at radius 3 is 2.17 bits per heavy atom. The molecule has 1 saturated carbocycles. The van der Waals surface area contributed by atoms with E-state index in [1.165, 1.54) is 25.7 Å². The molecule has 1 aliphatic carbocycles. The van der Waals surface area contributed by atoms with Gasteiger partial charge >= 0.3 is 0 Å². The monoisotopic (exact) mass is 367 g/mol. The molecule has 0 spiro atoms. The highest BCUT2D eigenvalue weighted by Gasteiger charge is 2.31. The summed E-state index contributed by atoms with van der Waals surface area (Å²) in [4.78, 5) is 6.72. The quantitative estimate of drug-likeness (QED) is 0.459. The average Bonchev–Trinajstić information content (AvgIpc) is 2.82. The summed E-state index contributed by atoms with van der Waals surface area (Å²) in [7, 11) is 0. The Hall–Kier alpha value is 0. The van der Waals surface area contributed by atoms with Gasteiger partial charge in [-0.25, -0.2) is 0 Å². The second-order valence-corrected chi connectivity index (χ2v) is 5.82. The van der Waals surface area contributed by atoms with Gasteiger partial charge < -0.3 is 10.6 Å². The smallest absolute Gasteiger partial charge is 0.191 e. The van der Waals surface area contributed by atoms with Gasteiger partial charge in [-0.15, -0.1) is 24.0 Å². The third-order valence-electron chi connectivity index (χ3n) is 4.20. The van der Waals surface area contributed by atoms with Crippen LogP contribution in [-0.4, -0.2) is 30.5 Å². The van der Waals surface area contributed by atoms with Crippen molar-refractivity contribution in [3.63, 3.8) is 0 Å². The Kier molecular flexibility index (Phi) is 8.23. The summed E-state index contributed by atoms with van der Waals surface area (Å²) in [5.41, 5.74) is 6.32. The van der Waals surface area contributed by atoms with Gasteiger partial charge in [0.05, 0.1) is 0 Å². The molecule has 0 radical (unpaired) electrons. The molecule has 108 valence electrons. The summed E-state index contributed by atoms with van der Waals surface area (Å²) in [6.45, 7) is 11.7. The van der Waals surface area contributed by atoms with E-state index >= 15 is 0 Å². The van der Waals surface area contributed by atoms with E-state index in [-0.39, 0.29) is 24.0 Å². The maximum absolute atomic E-state index is 6.02. The Bertz CT molecular complexity index is 254. The number of nitrogens with zero attached hydrogens (tertiary/aromatic N) is 2. The van der Waals surface area contributed by atoms with Crippen molar-refractivity contribution in [3.8, 4) is 0 Å². The van der Waals surface area contributed by atoms with E-state index < -0.39 is 0 Å². The molecule has 0 amide bonds. The van der Waals surface area contributed by atoms with Crippen molar-refractivity contribution in [2.75, 3.05) is 19.6 Å². The number of halogens is 1. The van der Waals surface area contributed by atoms with Crippen LogP contribution in [0.25, 0.3) is 0 Å². The van der Waals surface area contributed by atoms with E-state index in [1.54, 1.807) is 0 Å². The van der Waals surface area contributed by atoms with Crippen LogP contribution >= 0.6 is 24.0 Å². The molecule has 0 aromatic rings. The highest BCUT2D eigenvalue weighted by molar-refractivity contribution is 14.0. The number of rotatable bonds is 5. The van der Waals surface area contributed by atoms with Gasteiger partial charge in [-0.05, 0) is 38.0 Å². The summed E-state index contributed by atoms with van der Waals surface area (Å²) in [5, 5.41) is 0. The minimum Gasteiger partial charge on any atom is -0.370 e. The number of aliphatic imine (C=N–C) groups is 1. The van der Waals surface area contributed by atoms with Gasteiger partial charge in [0, 0.05) is 19.6 Å². The molecule has 1 fully saturated rings. The van der Waals surface area contributed by atoms with Crippen molar-refractivity contribution in [1.82, 2.24) is 4.90 Å². The van der Waals surface area contributed by atoms with Crippen LogP contribution in [-0.2, 0) is 0 Å². The summed E-state index contributed by atoms with van der Waals surface area (Å²) in [5.74, 6) is 1.54.